The molecule has 0 aliphatic carbocycles. The maximum atomic E-state index is 12.8. The van der Waals surface area contributed by atoms with Crippen LogP contribution in [0.2, 0.25) is 0 Å². The number of aromatic nitrogens is 2. The zero-order valence-corrected chi connectivity index (χ0v) is 14.5. The van der Waals surface area contributed by atoms with Crippen molar-refractivity contribution in [1.82, 2.24) is 14.7 Å². The van der Waals surface area contributed by atoms with Gasteiger partial charge in [0.1, 0.15) is 0 Å². The Morgan fingerprint density at radius 3 is 2.48 bits per heavy atom. The van der Waals surface area contributed by atoms with Gasteiger partial charge in [0.05, 0.1) is 22.1 Å². The number of rotatable bonds is 5. The second-order valence-electron chi connectivity index (χ2n) is 5.85. The Kier molecular flexibility index (Phi) is 5.43. The number of halogens is 1. The standard InChI is InChI=1S/C15H25BrN4O/c1-3-15(4-2,11-17)14(21)19-7-5-13(6-8-19)20-10-12(16)9-18-20/h9-10,13H,3-8,11,17H2,1-2H3. The monoisotopic (exact) mass is 356 g/mol. The molecule has 1 fully saturated rings. The molecular formula is C15H25BrN4O. The maximum absolute atomic E-state index is 12.8. The third-order valence-electron chi connectivity index (χ3n) is 4.89. The van der Waals surface area contributed by atoms with Gasteiger partial charge in [0.2, 0.25) is 5.91 Å². The molecule has 6 heteroatoms. The predicted octanol–water partition coefficient (Wildman–Crippen LogP) is 2.57. The zero-order valence-electron chi connectivity index (χ0n) is 12.9. The maximum Gasteiger partial charge on any atom is 0.230 e. The van der Waals surface area contributed by atoms with Gasteiger partial charge < -0.3 is 10.6 Å². The fraction of sp³-hybridized carbons (Fsp3) is 0.733. The van der Waals surface area contributed by atoms with Crippen LogP contribution in [0.3, 0.4) is 0 Å². The summed E-state index contributed by atoms with van der Waals surface area (Å²) in [7, 11) is 0. The molecule has 1 aliphatic heterocycles. The van der Waals surface area contributed by atoms with Gasteiger partial charge in [-0.3, -0.25) is 9.48 Å². The highest BCUT2D eigenvalue weighted by Crippen LogP contribution is 2.31. The molecule has 0 radical (unpaired) electrons. The fourth-order valence-electron chi connectivity index (χ4n) is 3.11. The largest absolute Gasteiger partial charge is 0.342 e. The molecule has 0 bridgehead atoms. The second kappa shape index (κ2) is 6.92. The molecule has 0 unspecified atom stereocenters. The third kappa shape index (κ3) is 3.31. The van der Waals surface area contributed by atoms with Crippen LogP contribution < -0.4 is 5.73 Å². The van der Waals surface area contributed by atoms with Crippen LogP contribution in [0.1, 0.15) is 45.6 Å². The number of hydrogen-bond acceptors (Lipinski definition) is 3. The van der Waals surface area contributed by atoms with Crippen molar-refractivity contribution in [3.63, 3.8) is 0 Å². The van der Waals surface area contributed by atoms with Gasteiger partial charge in [0.15, 0.2) is 0 Å². The first-order valence-corrected chi connectivity index (χ1v) is 8.54. The quantitative estimate of drug-likeness (QED) is 0.881. The Hall–Kier alpha value is -0.880. The van der Waals surface area contributed by atoms with Crippen LogP contribution in [0.4, 0.5) is 0 Å². The van der Waals surface area contributed by atoms with Gasteiger partial charge in [-0.1, -0.05) is 13.8 Å². The molecule has 2 heterocycles. The van der Waals surface area contributed by atoms with Crippen molar-refractivity contribution in [3.05, 3.63) is 16.9 Å². The summed E-state index contributed by atoms with van der Waals surface area (Å²) in [6.07, 6.45) is 7.34. The first-order chi connectivity index (χ1) is 10.1. The Morgan fingerprint density at radius 2 is 2.05 bits per heavy atom. The minimum absolute atomic E-state index is 0.232. The number of carbonyl (C=O) groups excluding carboxylic acids is 1. The number of nitrogens with zero attached hydrogens (tertiary/aromatic N) is 3. The summed E-state index contributed by atoms with van der Waals surface area (Å²) in [5.74, 6) is 0.232. The van der Waals surface area contributed by atoms with Gasteiger partial charge in [-0.15, -0.1) is 0 Å². The Bertz CT molecular complexity index is 468. The molecule has 5 nitrogen and oxygen atoms in total. The normalized spacial score (nSPS) is 17.2. The van der Waals surface area contributed by atoms with Gasteiger partial charge in [-0.25, -0.2) is 0 Å². The van der Waals surface area contributed by atoms with Crippen molar-refractivity contribution < 1.29 is 4.79 Å². The lowest BCUT2D eigenvalue weighted by molar-refractivity contribution is -0.143. The molecule has 0 saturated carbocycles. The molecule has 1 aromatic rings. The van der Waals surface area contributed by atoms with Crippen molar-refractivity contribution in [2.45, 2.75) is 45.6 Å². The van der Waals surface area contributed by atoms with Crippen molar-refractivity contribution in [1.29, 1.82) is 0 Å². The van der Waals surface area contributed by atoms with E-state index in [0.717, 1.165) is 43.2 Å². The Morgan fingerprint density at radius 1 is 1.43 bits per heavy atom. The molecule has 1 aliphatic rings. The molecule has 0 atom stereocenters. The summed E-state index contributed by atoms with van der Waals surface area (Å²) < 4.78 is 3.00. The van der Waals surface area contributed by atoms with E-state index in [4.69, 9.17) is 5.73 Å². The van der Waals surface area contributed by atoms with E-state index in [2.05, 4.69) is 34.9 Å². The van der Waals surface area contributed by atoms with E-state index in [1.54, 1.807) is 0 Å². The average Bonchev–Trinajstić information content (AvgIpc) is 2.96. The minimum Gasteiger partial charge on any atom is -0.342 e. The van der Waals surface area contributed by atoms with Crippen LogP contribution in [-0.2, 0) is 4.79 Å². The highest BCUT2D eigenvalue weighted by atomic mass is 79.9. The zero-order chi connectivity index (χ0) is 15.5. The lowest BCUT2D eigenvalue weighted by Gasteiger charge is -2.39. The number of carbonyl (C=O) groups is 1. The fourth-order valence-corrected chi connectivity index (χ4v) is 3.41. The van der Waals surface area contributed by atoms with Crippen LogP contribution in [-0.4, -0.2) is 40.2 Å². The smallest absolute Gasteiger partial charge is 0.230 e. The van der Waals surface area contributed by atoms with Crippen LogP contribution in [0.25, 0.3) is 0 Å². The molecule has 21 heavy (non-hydrogen) atoms. The molecule has 118 valence electrons. The van der Waals surface area contributed by atoms with E-state index < -0.39 is 0 Å². The highest BCUT2D eigenvalue weighted by molar-refractivity contribution is 9.10. The van der Waals surface area contributed by atoms with E-state index in [0.29, 0.717) is 12.6 Å². The number of piperidine rings is 1. The molecule has 1 amide bonds. The summed E-state index contributed by atoms with van der Waals surface area (Å²) in [4.78, 5) is 14.8. The topological polar surface area (TPSA) is 64.2 Å². The highest BCUT2D eigenvalue weighted by Gasteiger charge is 2.38. The summed E-state index contributed by atoms with van der Waals surface area (Å²) in [5.41, 5.74) is 5.52. The van der Waals surface area contributed by atoms with E-state index >= 15 is 0 Å². The van der Waals surface area contributed by atoms with Crippen molar-refractivity contribution >= 4 is 21.8 Å². The van der Waals surface area contributed by atoms with E-state index in [1.165, 1.54) is 0 Å². The van der Waals surface area contributed by atoms with Gasteiger partial charge in [-0.05, 0) is 41.6 Å². The SMILES string of the molecule is CCC(CC)(CN)C(=O)N1CCC(n2cc(Br)cn2)CC1. The second-order valence-corrected chi connectivity index (χ2v) is 6.77. The molecule has 1 saturated heterocycles. The first kappa shape index (κ1) is 16.5. The molecule has 0 aromatic carbocycles. The van der Waals surface area contributed by atoms with E-state index in [1.807, 2.05) is 22.0 Å². The summed E-state index contributed by atoms with van der Waals surface area (Å²) in [5, 5.41) is 4.35. The van der Waals surface area contributed by atoms with Gasteiger partial charge in [0.25, 0.3) is 0 Å². The molecule has 2 rings (SSSR count). The number of likely N-dealkylation sites (tertiary alicyclic amines) is 1. The van der Waals surface area contributed by atoms with Crippen LogP contribution in [0.15, 0.2) is 16.9 Å². The summed E-state index contributed by atoms with van der Waals surface area (Å²) >= 11 is 3.43. The van der Waals surface area contributed by atoms with Crippen LogP contribution in [0.5, 0.6) is 0 Å². The van der Waals surface area contributed by atoms with Gasteiger partial charge >= 0.3 is 0 Å². The van der Waals surface area contributed by atoms with E-state index in [9.17, 15) is 4.79 Å². The lowest BCUT2D eigenvalue weighted by atomic mass is 9.80. The summed E-state index contributed by atoms with van der Waals surface area (Å²) in [6.45, 7) is 6.14. The van der Waals surface area contributed by atoms with E-state index in [-0.39, 0.29) is 11.3 Å². The Labute approximate surface area is 135 Å². The first-order valence-electron chi connectivity index (χ1n) is 7.75. The predicted molar refractivity (Wildman–Crippen MR) is 86.8 cm³/mol. The van der Waals surface area contributed by atoms with Crippen molar-refractivity contribution in [2.24, 2.45) is 11.1 Å². The molecule has 2 N–H and O–H groups in total. The molecule has 1 aromatic heterocycles. The van der Waals surface area contributed by atoms with Crippen molar-refractivity contribution in [2.75, 3.05) is 19.6 Å². The number of amides is 1. The van der Waals surface area contributed by atoms with Crippen LogP contribution in [0, 0.1) is 5.41 Å². The van der Waals surface area contributed by atoms with Crippen molar-refractivity contribution in [3.8, 4) is 0 Å². The number of nitrogens with two attached hydrogens (primary N) is 1. The number of hydrogen-bond donors (Lipinski definition) is 1. The Balaban J connectivity index is 1.98. The molecular weight excluding hydrogens is 332 g/mol. The van der Waals surface area contributed by atoms with Gasteiger partial charge in [-0.2, -0.15) is 5.10 Å². The van der Waals surface area contributed by atoms with Gasteiger partial charge in [0, 0.05) is 25.8 Å². The summed E-state index contributed by atoms with van der Waals surface area (Å²) in [6, 6.07) is 0.385. The third-order valence-corrected chi connectivity index (χ3v) is 5.30. The molecule has 0 spiro atoms. The van der Waals surface area contributed by atoms with Crippen LogP contribution >= 0.6 is 15.9 Å². The average molecular weight is 357 g/mol. The lowest BCUT2D eigenvalue weighted by Crippen LogP contribution is -2.50. The minimum atomic E-state index is -0.373.